The van der Waals surface area contributed by atoms with Crippen LogP contribution in [0.15, 0.2) is 12.3 Å². The molecule has 4 rings (SSSR count). The topological polar surface area (TPSA) is 56.8 Å². The molecule has 0 aliphatic carbocycles. The van der Waals surface area contributed by atoms with E-state index in [9.17, 15) is 0 Å². The Bertz CT molecular complexity index is 636. The standard InChI is InChI=1S/C17H25N5/c1-22-10-5-13(6-11-22)16-20-15-14(4-9-19-17(15)21-16)12-2-7-18-8-3-12/h4,9,12-13,18H,2-3,5-8,10-11H2,1H3,(H,19,20,21). The highest BCUT2D eigenvalue weighted by Gasteiger charge is 2.24. The van der Waals surface area contributed by atoms with Crippen LogP contribution < -0.4 is 5.32 Å². The number of aromatic amines is 1. The van der Waals surface area contributed by atoms with E-state index in [1.54, 1.807) is 0 Å². The van der Waals surface area contributed by atoms with Crippen LogP contribution in [-0.2, 0) is 0 Å². The Morgan fingerprint density at radius 1 is 1.09 bits per heavy atom. The molecule has 5 heteroatoms. The van der Waals surface area contributed by atoms with Crippen LogP contribution in [-0.4, -0.2) is 53.1 Å². The van der Waals surface area contributed by atoms with E-state index in [1.165, 1.54) is 31.2 Å². The molecule has 118 valence electrons. The first-order chi connectivity index (χ1) is 10.8. The number of likely N-dealkylation sites (tertiary alicyclic amines) is 1. The Hall–Kier alpha value is -1.46. The second-order valence-electron chi connectivity index (χ2n) is 6.82. The van der Waals surface area contributed by atoms with Crippen molar-refractivity contribution in [2.24, 2.45) is 0 Å². The zero-order valence-electron chi connectivity index (χ0n) is 13.3. The molecule has 4 heterocycles. The van der Waals surface area contributed by atoms with Crippen LogP contribution in [0.3, 0.4) is 0 Å². The first-order valence-electron chi connectivity index (χ1n) is 8.55. The lowest BCUT2D eigenvalue weighted by Crippen LogP contribution is -2.29. The van der Waals surface area contributed by atoms with E-state index in [2.05, 4.69) is 33.3 Å². The van der Waals surface area contributed by atoms with Gasteiger partial charge in [0.25, 0.3) is 0 Å². The van der Waals surface area contributed by atoms with Crippen LogP contribution in [0.1, 0.15) is 48.9 Å². The fourth-order valence-electron chi connectivity index (χ4n) is 3.89. The minimum atomic E-state index is 0.561. The molecule has 0 unspecified atom stereocenters. The molecule has 22 heavy (non-hydrogen) atoms. The number of hydrogen-bond donors (Lipinski definition) is 2. The third-order valence-electron chi connectivity index (χ3n) is 5.32. The lowest BCUT2D eigenvalue weighted by atomic mass is 9.90. The van der Waals surface area contributed by atoms with Crippen LogP contribution in [0.5, 0.6) is 0 Å². The number of imidazole rings is 1. The first-order valence-corrected chi connectivity index (χ1v) is 8.55. The second kappa shape index (κ2) is 5.97. The van der Waals surface area contributed by atoms with Crippen molar-refractivity contribution in [2.45, 2.75) is 37.5 Å². The second-order valence-corrected chi connectivity index (χ2v) is 6.82. The number of rotatable bonds is 2. The number of nitrogens with zero attached hydrogens (tertiary/aromatic N) is 3. The minimum Gasteiger partial charge on any atom is -0.326 e. The predicted octanol–water partition coefficient (Wildman–Crippen LogP) is 2.23. The van der Waals surface area contributed by atoms with Crippen molar-refractivity contribution in [3.63, 3.8) is 0 Å². The van der Waals surface area contributed by atoms with E-state index >= 15 is 0 Å². The quantitative estimate of drug-likeness (QED) is 0.893. The molecule has 2 aromatic heterocycles. The zero-order chi connectivity index (χ0) is 14.9. The number of pyridine rings is 1. The summed E-state index contributed by atoms with van der Waals surface area (Å²) in [4.78, 5) is 15.4. The summed E-state index contributed by atoms with van der Waals surface area (Å²) in [6, 6.07) is 2.18. The Balaban J connectivity index is 1.65. The summed E-state index contributed by atoms with van der Waals surface area (Å²) in [5.41, 5.74) is 3.48. The Labute approximate surface area is 131 Å². The summed E-state index contributed by atoms with van der Waals surface area (Å²) in [6.07, 6.45) is 6.74. The highest BCUT2D eigenvalue weighted by Crippen LogP contribution is 2.32. The van der Waals surface area contributed by atoms with Gasteiger partial charge in [-0.05, 0) is 76.5 Å². The average Bonchev–Trinajstić information content (AvgIpc) is 3.00. The van der Waals surface area contributed by atoms with Gasteiger partial charge in [-0.1, -0.05) is 0 Å². The maximum atomic E-state index is 4.98. The van der Waals surface area contributed by atoms with Gasteiger partial charge in [-0.25, -0.2) is 9.97 Å². The van der Waals surface area contributed by atoms with Crippen molar-refractivity contribution in [1.29, 1.82) is 0 Å². The van der Waals surface area contributed by atoms with E-state index in [4.69, 9.17) is 4.98 Å². The average molecular weight is 299 g/mol. The van der Waals surface area contributed by atoms with Gasteiger partial charge in [-0.2, -0.15) is 0 Å². The number of nitrogens with one attached hydrogen (secondary N) is 2. The number of piperidine rings is 2. The Kier molecular flexibility index (Phi) is 3.84. The van der Waals surface area contributed by atoms with E-state index in [-0.39, 0.29) is 0 Å². The van der Waals surface area contributed by atoms with E-state index in [1.807, 2.05) is 6.20 Å². The maximum Gasteiger partial charge on any atom is 0.157 e. The molecular formula is C17H25N5. The molecule has 0 aromatic carbocycles. The molecule has 0 atom stereocenters. The summed E-state index contributed by atoms with van der Waals surface area (Å²) >= 11 is 0. The molecule has 0 saturated carbocycles. The van der Waals surface area contributed by atoms with Crippen molar-refractivity contribution < 1.29 is 0 Å². The highest BCUT2D eigenvalue weighted by atomic mass is 15.1. The van der Waals surface area contributed by atoms with Gasteiger partial charge in [0, 0.05) is 12.1 Å². The fourth-order valence-corrected chi connectivity index (χ4v) is 3.89. The first kappa shape index (κ1) is 14.2. The van der Waals surface area contributed by atoms with Crippen molar-refractivity contribution in [3.05, 3.63) is 23.7 Å². The molecule has 0 radical (unpaired) electrons. The summed E-state index contributed by atoms with van der Waals surface area (Å²) in [7, 11) is 2.20. The van der Waals surface area contributed by atoms with Crippen LogP contribution in [0.25, 0.3) is 11.2 Å². The van der Waals surface area contributed by atoms with Gasteiger partial charge < -0.3 is 15.2 Å². The van der Waals surface area contributed by atoms with Gasteiger partial charge in [-0.3, -0.25) is 0 Å². The van der Waals surface area contributed by atoms with Crippen LogP contribution >= 0.6 is 0 Å². The monoisotopic (exact) mass is 299 g/mol. The number of fused-ring (bicyclic) bond motifs is 1. The van der Waals surface area contributed by atoms with Crippen LogP contribution in [0.2, 0.25) is 0 Å². The van der Waals surface area contributed by atoms with Crippen LogP contribution in [0.4, 0.5) is 0 Å². The van der Waals surface area contributed by atoms with Gasteiger partial charge in [0.05, 0.1) is 0 Å². The summed E-state index contributed by atoms with van der Waals surface area (Å²) in [5, 5.41) is 3.45. The molecule has 2 saturated heterocycles. The molecule has 2 aliphatic rings. The smallest absolute Gasteiger partial charge is 0.157 e. The van der Waals surface area contributed by atoms with Crippen molar-refractivity contribution >= 4 is 11.2 Å². The van der Waals surface area contributed by atoms with Gasteiger partial charge >= 0.3 is 0 Å². The van der Waals surface area contributed by atoms with E-state index in [0.717, 1.165) is 43.2 Å². The molecular weight excluding hydrogens is 274 g/mol. The molecule has 0 spiro atoms. The largest absolute Gasteiger partial charge is 0.326 e. The molecule has 5 nitrogen and oxygen atoms in total. The molecule has 0 amide bonds. The van der Waals surface area contributed by atoms with Crippen molar-refractivity contribution in [3.8, 4) is 0 Å². The normalized spacial score (nSPS) is 22.4. The lowest BCUT2D eigenvalue weighted by molar-refractivity contribution is 0.252. The molecule has 2 fully saturated rings. The molecule has 2 aromatic rings. The summed E-state index contributed by atoms with van der Waals surface area (Å²) in [5.74, 6) is 2.34. The van der Waals surface area contributed by atoms with Crippen molar-refractivity contribution in [1.82, 2.24) is 25.2 Å². The van der Waals surface area contributed by atoms with Gasteiger partial charge in [0.15, 0.2) is 5.65 Å². The molecule has 0 bridgehead atoms. The fraction of sp³-hybridized carbons (Fsp3) is 0.647. The van der Waals surface area contributed by atoms with Gasteiger partial charge in [0.1, 0.15) is 11.3 Å². The minimum absolute atomic E-state index is 0.561. The third kappa shape index (κ3) is 2.63. The number of aromatic nitrogens is 3. The molecule has 2 N–H and O–H groups in total. The number of H-pyrrole nitrogens is 1. The summed E-state index contributed by atoms with van der Waals surface area (Å²) in [6.45, 7) is 4.55. The Morgan fingerprint density at radius 3 is 2.64 bits per heavy atom. The third-order valence-corrected chi connectivity index (χ3v) is 5.32. The maximum absolute atomic E-state index is 4.98. The van der Waals surface area contributed by atoms with E-state index < -0.39 is 0 Å². The lowest BCUT2D eigenvalue weighted by Gasteiger charge is -2.27. The van der Waals surface area contributed by atoms with Crippen LogP contribution in [0, 0.1) is 0 Å². The molecule has 2 aliphatic heterocycles. The number of hydrogen-bond acceptors (Lipinski definition) is 4. The SMILES string of the molecule is CN1CCC(c2nc3c(C4CCNCC4)ccnc3[nH]2)CC1. The predicted molar refractivity (Wildman–Crippen MR) is 88.2 cm³/mol. The van der Waals surface area contributed by atoms with E-state index in [0.29, 0.717) is 11.8 Å². The van der Waals surface area contributed by atoms with Gasteiger partial charge in [0.2, 0.25) is 0 Å². The zero-order valence-corrected chi connectivity index (χ0v) is 13.3. The van der Waals surface area contributed by atoms with Gasteiger partial charge in [-0.15, -0.1) is 0 Å². The highest BCUT2D eigenvalue weighted by molar-refractivity contribution is 5.75. The summed E-state index contributed by atoms with van der Waals surface area (Å²) < 4.78 is 0. The van der Waals surface area contributed by atoms with Crippen molar-refractivity contribution in [2.75, 3.05) is 33.2 Å². The Morgan fingerprint density at radius 2 is 1.86 bits per heavy atom.